The molecule has 1 aromatic carbocycles. The molecule has 2 aromatic rings. The van der Waals surface area contributed by atoms with Gasteiger partial charge in [-0.3, -0.25) is 0 Å². The van der Waals surface area contributed by atoms with Crippen LogP contribution in [0.25, 0.3) is 0 Å². The molecule has 0 amide bonds. The molecule has 0 radical (unpaired) electrons. The number of nitrogens with two attached hydrogens (primary N) is 1. The van der Waals surface area contributed by atoms with Gasteiger partial charge in [0.15, 0.2) is 0 Å². The van der Waals surface area contributed by atoms with Crippen molar-refractivity contribution in [3.8, 4) is 0 Å². The highest BCUT2D eigenvalue weighted by Gasteiger charge is 1.96. The molecule has 0 bridgehead atoms. The van der Waals surface area contributed by atoms with Gasteiger partial charge < -0.3 is 10.3 Å². The third-order valence-electron chi connectivity index (χ3n) is 2.62. The fourth-order valence-corrected chi connectivity index (χ4v) is 1.71. The maximum Gasteiger partial charge on any atom is 0.0949 e. The van der Waals surface area contributed by atoms with Crippen molar-refractivity contribution in [1.29, 1.82) is 0 Å². The second-order valence-electron chi connectivity index (χ2n) is 3.94. The van der Waals surface area contributed by atoms with Gasteiger partial charge in [0.05, 0.1) is 6.33 Å². The number of hydrogen-bond acceptors (Lipinski definition) is 2. The Bertz CT molecular complexity index is 412. The minimum absolute atomic E-state index is 0. The van der Waals surface area contributed by atoms with Crippen molar-refractivity contribution in [2.45, 2.75) is 19.4 Å². The Morgan fingerprint density at radius 1 is 1.06 bits per heavy atom. The average Bonchev–Trinajstić information content (AvgIpc) is 2.81. The topological polar surface area (TPSA) is 43.8 Å². The molecule has 5 heteroatoms. The lowest BCUT2D eigenvalue weighted by atomic mass is 10.1. The highest BCUT2D eigenvalue weighted by atomic mass is 35.5. The Balaban J connectivity index is 0.00000144. The van der Waals surface area contributed by atoms with Crippen molar-refractivity contribution in [3.63, 3.8) is 0 Å². The van der Waals surface area contributed by atoms with Gasteiger partial charge in [0, 0.05) is 18.9 Å². The zero-order chi connectivity index (χ0) is 11.2. The standard InChI is InChI=1S/C13H17N3.2ClH/c14-7-1-2-12-3-5-13(6-4-12)10-16-9-8-15-11-16;;/h3-6,8-9,11H,1-2,7,10,14H2;2*1H. The fraction of sp³-hybridized carbons (Fsp3) is 0.308. The number of nitrogens with zero attached hydrogens (tertiary/aromatic N) is 2. The van der Waals surface area contributed by atoms with Crippen LogP contribution in [0.5, 0.6) is 0 Å². The predicted octanol–water partition coefficient (Wildman–Crippen LogP) is 2.67. The molecule has 0 aliphatic rings. The molecule has 0 saturated heterocycles. The van der Waals surface area contributed by atoms with Crippen LogP contribution >= 0.6 is 24.8 Å². The molecule has 1 aromatic heterocycles. The van der Waals surface area contributed by atoms with Crippen LogP contribution < -0.4 is 5.73 Å². The Morgan fingerprint density at radius 2 is 1.72 bits per heavy atom. The third-order valence-corrected chi connectivity index (χ3v) is 2.62. The number of aromatic nitrogens is 2. The summed E-state index contributed by atoms with van der Waals surface area (Å²) in [5, 5.41) is 0. The third kappa shape index (κ3) is 5.08. The van der Waals surface area contributed by atoms with Gasteiger partial charge in [-0.25, -0.2) is 4.98 Å². The van der Waals surface area contributed by atoms with Crippen LogP contribution in [-0.2, 0) is 13.0 Å². The molecule has 2 rings (SSSR count). The van der Waals surface area contributed by atoms with E-state index in [1.807, 2.05) is 12.5 Å². The summed E-state index contributed by atoms with van der Waals surface area (Å²) in [6.07, 6.45) is 7.74. The van der Waals surface area contributed by atoms with Gasteiger partial charge in [0.25, 0.3) is 0 Å². The van der Waals surface area contributed by atoms with E-state index in [9.17, 15) is 0 Å². The van der Waals surface area contributed by atoms with E-state index in [4.69, 9.17) is 5.73 Å². The summed E-state index contributed by atoms with van der Waals surface area (Å²) < 4.78 is 2.06. The van der Waals surface area contributed by atoms with Crippen LogP contribution in [0.2, 0.25) is 0 Å². The summed E-state index contributed by atoms with van der Waals surface area (Å²) >= 11 is 0. The highest BCUT2D eigenvalue weighted by molar-refractivity contribution is 5.85. The lowest BCUT2D eigenvalue weighted by Crippen LogP contribution is -2.00. The van der Waals surface area contributed by atoms with Gasteiger partial charge >= 0.3 is 0 Å². The summed E-state index contributed by atoms with van der Waals surface area (Å²) in [6, 6.07) is 8.71. The summed E-state index contributed by atoms with van der Waals surface area (Å²) in [5.41, 5.74) is 8.15. The second-order valence-corrected chi connectivity index (χ2v) is 3.94. The molecule has 0 unspecified atom stereocenters. The lowest BCUT2D eigenvalue weighted by molar-refractivity contribution is 0.794. The lowest BCUT2D eigenvalue weighted by Gasteiger charge is -2.04. The van der Waals surface area contributed by atoms with Crippen molar-refractivity contribution < 1.29 is 0 Å². The largest absolute Gasteiger partial charge is 0.333 e. The first-order chi connectivity index (χ1) is 7.88. The molecule has 0 atom stereocenters. The first-order valence-corrected chi connectivity index (χ1v) is 5.62. The molecule has 0 fully saturated rings. The van der Waals surface area contributed by atoms with Gasteiger partial charge in [-0.1, -0.05) is 24.3 Å². The summed E-state index contributed by atoms with van der Waals surface area (Å²) in [5.74, 6) is 0. The maximum absolute atomic E-state index is 5.49. The molecule has 100 valence electrons. The molecular formula is C13H19Cl2N3. The van der Waals surface area contributed by atoms with Crippen molar-refractivity contribution in [2.75, 3.05) is 6.54 Å². The van der Waals surface area contributed by atoms with Gasteiger partial charge in [-0.2, -0.15) is 0 Å². The van der Waals surface area contributed by atoms with Crippen LogP contribution in [0.4, 0.5) is 0 Å². The van der Waals surface area contributed by atoms with Gasteiger partial charge in [-0.05, 0) is 30.5 Å². The van der Waals surface area contributed by atoms with Crippen LogP contribution in [0, 0.1) is 0 Å². The highest BCUT2D eigenvalue weighted by Crippen LogP contribution is 2.07. The summed E-state index contributed by atoms with van der Waals surface area (Å²) in [4.78, 5) is 4.03. The van der Waals surface area contributed by atoms with E-state index in [1.54, 1.807) is 6.20 Å². The Kier molecular flexibility index (Phi) is 8.46. The number of benzene rings is 1. The van der Waals surface area contributed by atoms with Crippen LogP contribution in [-0.4, -0.2) is 16.1 Å². The van der Waals surface area contributed by atoms with Crippen molar-refractivity contribution in [1.82, 2.24) is 9.55 Å². The van der Waals surface area contributed by atoms with E-state index in [-0.39, 0.29) is 24.8 Å². The molecule has 2 N–H and O–H groups in total. The Morgan fingerprint density at radius 3 is 2.28 bits per heavy atom. The van der Waals surface area contributed by atoms with E-state index in [2.05, 4.69) is 33.8 Å². The zero-order valence-electron chi connectivity index (χ0n) is 10.2. The maximum atomic E-state index is 5.49. The van der Waals surface area contributed by atoms with Crippen LogP contribution in [0.1, 0.15) is 17.5 Å². The zero-order valence-corrected chi connectivity index (χ0v) is 11.8. The number of aryl methyl sites for hydroxylation is 1. The molecule has 0 aliphatic carbocycles. The molecule has 1 heterocycles. The number of rotatable bonds is 5. The molecule has 0 aliphatic heterocycles. The Labute approximate surface area is 120 Å². The Hall–Kier alpha value is -1.03. The van der Waals surface area contributed by atoms with Crippen molar-refractivity contribution >= 4 is 24.8 Å². The van der Waals surface area contributed by atoms with Gasteiger partial charge in [0.1, 0.15) is 0 Å². The first-order valence-electron chi connectivity index (χ1n) is 5.62. The SMILES string of the molecule is Cl.Cl.NCCCc1ccc(Cn2ccnc2)cc1. The predicted molar refractivity (Wildman–Crippen MR) is 79.6 cm³/mol. The quantitative estimate of drug-likeness (QED) is 0.919. The van der Waals surface area contributed by atoms with E-state index >= 15 is 0 Å². The smallest absolute Gasteiger partial charge is 0.0949 e. The minimum atomic E-state index is 0. The van der Waals surface area contributed by atoms with E-state index < -0.39 is 0 Å². The molecule has 0 saturated carbocycles. The normalized spacial score (nSPS) is 9.39. The summed E-state index contributed by atoms with van der Waals surface area (Å²) in [6.45, 7) is 1.65. The molecule has 0 spiro atoms. The first kappa shape index (κ1) is 17.0. The van der Waals surface area contributed by atoms with Crippen molar-refractivity contribution in [2.24, 2.45) is 5.73 Å². The molecule has 3 nitrogen and oxygen atoms in total. The fourth-order valence-electron chi connectivity index (χ4n) is 1.71. The van der Waals surface area contributed by atoms with E-state index in [0.717, 1.165) is 25.9 Å². The van der Waals surface area contributed by atoms with E-state index in [1.165, 1.54) is 11.1 Å². The monoisotopic (exact) mass is 287 g/mol. The van der Waals surface area contributed by atoms with Crippen molar-refractivity contribution in [3.05, 3.63) is 54.1 Å². The molecular weight excluding hydrogens is 269 g/mol. The van der Waals surface area contributed by atoms with Crippen LogP contribution in [0.15, 0.2) is 43.0 Å². The second kappa shape index (κ2) is 8.97. The average molecular weight is 288 g/mol. The molecule has 18 heavy (non-hydrogen) atoms. The number of imidazole rings is 1. The number of hydrogen-bond donors (Lipinski definition) is 1. The minimum Gasteiger partial charge on any atom is -0.333 e. The van der Waals surface area contributed by atoms with Crippen LogP contribution in [0.3, 0.4) is 0 Å². The van der Waals surface area contributed by atoms with Gasteiger partial charge in [0.2, 0.25) is 0 Å². The van der Waals surface area contributed by atoms with E-state index in [0.29, 0.717) is 0 Å². The summed E-state index contributed by atoms with van der Waals surface area (Å²) in [7, 11) is 0. The number of halogens is 2. The van der Waals surface area contributed by atoms with Gasteiger partial charge in [-0.15, -0.1) is 24.8 Å².